The molecule has 7 heteroatoms. The lowest BCUT2D eigenvalue weighted by Gasteiger charge is -2.11. The van der Waals surface area contributed by atoms with Crippen LogP contribution in [0.3, 0.4) is 0 Å². The van der Waals surface area contributed by atoms with E-state index in [0.717, 1.165) is 9.13 Å². The highest BCUT2D eigenvalue weighted by atomic mass is 127. The lowest BCUT2D eigenvalue weighted by Crippen LogP contribution is -2.38. The number of aliphatic carboxylic acids is 1. The monoisotopic (exact) mass is 369 g/mol. The fourth-order valence-electron chi connectivity index (χ4n) is 1.09. The molecule has 0 spiro atoms. The number of carboxylic acid groups (broad SMARTS) is 1. The molecule has 0 aliphatic rings. The summed E-state index contributed by atoms with van der Waals surface area (Å²) in [5, 5.41) is 8.66. The summed E-state index contributed by atoms with van der Waals surface area (Å²) in [7, 11) is -3.78. The van der Waals surface area contributed by atoms with Crippen LogP contribution in [0.1, 0.15) is 12.5 Å². The zero-order valence-corrected chi connectivity index (χ0v) is 12.2. The van der Waals surface area contributed by atoms with E-state index in [-0.39, 0.29) is 4.90 Å². The molecule has 0 heterocycles. The largest absolute Gasteiger partial charge is 0.480 e. The number of carbonyl (C=O) groups is 1. The molecule has 5 nitrogen and oxygen atoms in total. The van der Waals surface area contributed by atoms with E-state index in [1.807, 2.05) is 29.5 Å². The minimum Gasteiger partial charge on any atom is -0.480 e. The minimum absolute atomic E-state index is 0.0700. The molecule has 1 aromatic rings. The second-order valence-corrected chi connectivity index (χ2v) is 6.47. The maximum atomic E-state index is 11.8. The first-order chi connectivity index (χ1) is 7.74. The summed E-state index contributed by atoms with van der Waals surface area (Å²) in [6.45, 7) is 3.14. The van der Waals surface area contributed by atoms with E-state index in [1.165, 1.54) is 19.1 Å². The third-order valence-corrected chi connectivity index (χ3v) is 4.86. The molecule has 1 rings (SSSR count). The molecular weight excluding hydrogens is 357 g/mol. The molecule has 0 aliphatic heterocycles. The Bertz CT molecular complexity index is 541. The summed E-state index contributed by atoms with van der Waals surface area (Å²) in [6, 6.07) is 3.49. The van der Waals surface area contributed by atoms with E-state index in [1.54, 1.807) is 6.07 Å². The van der Waals surface area contributed by atoms with Crippen molar-refractivity contribution in [1.29, 1.82) is 0 Å². The summed E-state index contributed by atoms with van der Waals surface area (Å²) < 4.78 is 26.6. The molecule has 0 fully saturated rings. The summed E-state index contributed by atoms with van der Waals surface area (Å²) >= 11 is 2.03. The second kappa shape index (κ2) is 5.32. The van der Waals surface area contributed by atoms with Gasteiger partial charge in [0.25, 0.3) is 0 Å². The van der Waals surface area contributed by atoms with Crippen LogP contribution in [0.2, 0.25) is 0 Å². The van der Waals surface area contributed by atoms with Gasteiger partial charge in [-0.25, -0.2) is 8.42 Å². The molecule has 0 amide bonds. The molecule has 0 saturated heterocycles. The van der Waals surface area contributed by atoms with Gasteiger partial charge in [0.05, 0.1) is 4.90 Å². The first kappa shape index (κ1) is 14.4. The van der Waals surface area contributed by atoms with Gasteiger partial charge in [-0.15, -0.1) is 0 Å². The van der Waals surface area contributed by atoms with Crippen molar-refractivity contribution in [3.05, 3.63) is 27.3 Å². The topological polar surface area (TPSA) is 83.5 Å². The molecule has 0 radical (unpaired) electrons. The quantitative estimate of drug-likeness (QED) is 0.785. The SMILES string of the molecule is Cc1ccc(S(=O)(=O)NC(C)C(=O)O)cc1I. The van der Waals surface area contributed by atoms with Gasteiger partial charge in [-0.3, -0.25) is 4.79 Å². The highest BCUT2D eigenvalue weighted by Gasteiger charge is 2.21. The van der Waals surface area contributed by atoms with Crippen molar-refractivity contribution in [3.8, 4) is 0 Å². The lowest BCUT2D eigenvalue weighted by atomic mass is 10.2. The first-order valence-corrected chi connectivity index (χ1v) is 7.31. The van der Waals surface area contributed by atoms with Crippen molar-refractivity contribution in [2.24, 2.45) is 0 Å². The van der Waals surface area contributed by atoms with Crippen LogP contribution in [0.25, 0.3) is 0 Å². The number of aryl methyl sites for hydroxylation is 1. The minimum atomic E-state index is -3.78. The molecule has 0 bridgehead atoms. The Morgan fingerprint density at radius 3 is 2.53 bits per heavy atom. The Morgan fingerprint density at radius 1 is 1.47 bits per heavy atom. The van der Waals surface area contributed by atoms with Gasteiger partial charge in [-0.05, 0) is 54.1 Å². The van der Waals surface area contributed by atoms with Crippen molar-refractivity contribution < 1.29 is 18.3 Å². The van der Waals surface area contributed by atoms with Crippen molar-refractivity contribution in [1.82, 2.24) is 4.72 Å². The number of sulfonamides is 1. The Balaban J connectivity index is 3.05. The predicted molar refractivity (Wildman–Crippen MR) is 71.3 cm³/mol. The average molecular weight is 369 g/mol. The molecule has 0 aromatic heterocycles. The third-order valence-electron chi connectivity index (χ3n) is 2.16. The van der Waals surface area contributed by atoms with Crippen LogP contribution in [0.5, 0.6) is 0 Å². The normalized spacial score (nSPS) is 13.4. The Hall–Kier alpha value is -0.670. The van der Waals surface area contributed by atoms with Gasteiger partial charge in [0, 0.05) is 3.57 Å². The predicted octanol–water partition coefficient (Wildman–Crippen LogP) is 1.35. The van der Waals surface area contributed by atoms with Gasteiger partial charge in [-0.2, -0.15) is 4.72 Å². The molecule has 1 unspecified atom stereocenters. The van der Waals surface area contributed by atoms with E-state index in [4.69, 9.17) is 5.11 Å². The summed E-state index contributed by atoms with van der Waals surface area (Å²) in [5.74, 6) is -1.21. The smallest absolute Gasteiger partial charge is 0.321 e. The van der Waals surface area contributed by atoms with Crippen LogP contribution in [0, 0.1) is 10.5 Å². The molecule has 0 aliphatic carbocycles. The fourth-order valence-corrected chi connectivity index (χ4v) is 3.04. The van der Waals surface area contributed by atoms with Crippen molar-refractivity contribution >= 4 is 38.6 Å². The van der Waals surface area contributed by atoms with Crippen molar-refractivity contribution in [2.75, 3.05) is 0 Å². The zero-order valence-electron chi connectivity index (χ0n) is 9.27. The number of hydrogen-bond acceptors (Lipinski definition) is 3. The Kier molecular flexibility index (Phi) is 4.50. The van der Waals surface area contributed by atoms with Gasteiger partial charge in [0.2, 0.25) is 10.0 Å². The number of rotatable bonds is 4. The van der Waals surface area contributed by atoms with E-state index in [9.17, 15) is 13.2 Å². The second-order valence-electron chi connectivity index (χ2n) is 3.59. The standard InChI is InChI=1S/C10H12INO4S/c1-6-3-4-8(5-9(6)11)17(15,16)12-7(2)10(13)14/h3-5,7,12H,1-2H3,(H,13,14). The van der Waals surface area contributed by atoms with Crippen molar-refractivity contribution in [3.63, 3.8) is 0 Å². The highest BCUT2D eigenvalue weighted by Crippen LogP contribution is 2.17. The van der Waals surface area contributed by atoms with Gasteiger partial charge in [-0.1, -0.05) is 6.07 Å². The summed E-state index contributed by atoms with van der Waals surface area (Å²) in [4.78, 5) is 10.7. The third kappa shape index (κ3) is 3.65. The number of carboxylic acids is 1. The van der Waals surface area contributed by atoms with Crippen LogP contribution in [-0.2, 0) is 14.8 Å². The molecule has 94 valence electrons. The van der Waals surface area contributed by atoms with E-state index >= 15 is 0 Å². The number of halogens is 1. The van der Waals surface area contributed by atoms with Crippen LogP contribution in [-0.4, -0.2) is 25.5 Å². The first-order valence-electron chi connectivity index (χ1n) is 4.75. The number of benzene rings is 1. The average Bonchev–Trinajstić information content (AvgIpc) is 2.21. The van der Waals surface area contributed by atoms with Gasteiger partial charge in [0.1, 0.15) is 6.04 Å². The maximum Gasteiger partial charge on any atom is 0.321 e. The molecule has 1 aromatic carbocycles. The van der Waals surface area contributed by atoms with E-state index < -0.39 is 22.0 Å². The molecule has 1 atom stereocenters. The van der Waals surface area contributed by atoms with Gasteiger partial charge < -0.3 is 5.11 Å². The molecular formula is C10H12INO4S. The fraction of sp³-hybridized carbons (Fsp3) is 0.300. The maximum absolute atomic E-state index is 11.8. The van der Waals surface area contributed by atoms with Crippen molar-refractivity contribution in [2.45, 2.75) is 24.8 Å². The summed E-state index contributed by atoms with van der Waals surface area (Å²) in [5.41, 5.74) is 0.968. The van der Waals surface area contributed by atoms with E-state index in [2.05, 4.69) is 4.72 Å². The van der Waals surface area contributed by atoms with E-state index in [0.29, 0.717) is 0 Å². The Morgan fingerprint density at radius 2 is 2.06 bits per heavy atom. The van der Waals surface area contributed by atoms with Crippen LogP contribution in [0.15, 0.2) is 23.1 Å². The summed E-state index contributed by atoms with van der Waals surface area (Å²) in [6.07, 6.45) is 0. The Labute approximate surface area is 113 Å². The van der Waals surface area contributed by atoms with Gasteiger partial charge >= 0.3 is 5.97 Å². The highest BCUT2D eigenvalue weighted by molar-refractivity contribution is 14.1. The molecule has 2 N–H and O–H groups in total. The van der Waals surface area contributed by atoms with Crippen LogP contribution >= 0.6 is 22.6 Å². The molecule has 17 heavy (non-hydrogen) atoms. The lowest BCUT2D eigenvalue weighted by molar-refractivity contribution is -0.138. The van der Waals surface area contributed by atoms with Gasteiger partial charge in [0.15, 0.2) is 0 Å². The van der Waals surface area contributed by atoms with Crippen LogP contribution in [0.4, 0.5) is 0 Å². The molecule has 0 saturated carbocycles. The number of hydrogen-bond donors (Lipinski definition) is 2. The zero-order chi connectivity index (χ0) is 13.2. The van der Waals surface area contributed by atoms with Crippen LogP contribution < -0.4 is 4.72 Å². The number of nitrogens with one attached hydrogen (secondary N) is 1.